The minimum absolute atomic E-state index is 0.113. The summed E-state index contributed by atoms with van der Waals surface area (Å²) in [5.41, 5.74) is 2.77. The SMILES string of the molecule is CCc1c(C(=O)Nc2ccc(C(C)C)nn2)csc1C. The molecular formula is C15H19N3OS. The van der Waals surface area contributed by atoms with Crippen molar-refractivity contribution < 1.29 is 4.79 Å². The molecule has 2 heterocycles. The number of aryl methyl sites for hydroxylation is 1. The first-order valence-electron chi connectivity index (χ1n) is 6.74. The van der Waals surface area contributed by atoms with Crippen LogP contribution in [0.2, 0.25) is 0 Å². The van der Waals surface area contributed by atoms with Crippen molar-refractivity contribution in [2.75, 3.05) is 5.32 Å². The van der Waals surface area contributed by atoms with Gasteiger partial charge in [0.15, 0.2) is 5.82 Å². The van der Waals surface area contributed by atoms with Gasteiger partial charge in [0.05, 0.1) is 11.3 Å². The van der Waals surface area contributed by atoms with E-state index in [4.69, 9.17) is 0 Å². The molecule has 4 nitrogen and oxygen atoms in total. The van der Waals surface area contributed by atoms with E-state index in [1.807, 2.05) is 18.4 Å². The van der Waals surface area contributed by atoms with E-state index in [-0.39, 0.29) is 5.91 Å². The first-order chi connectivity index (χ1) is 9.52. The van der Waals surface area contributed by atoms with Crippen LogP contribution < -0.4 is 5.32 Å². The Morgan fingerprint density at radius 2 is 2.10 bits per heavy atom. The third-order valence-corrected chi connectivity index (χ3v) is 4.17. The number of thiophene rings is 1. The van der Waals surface area contributed by atoms with Crippen LogP contribution in [-0.4, -0.2) is 16.1 Å². The molecule has 0 bridgehead atoms. The summed E-state index contributed by atoms with van der Waals surface area (Å²) < 4.78 is 0. The minimum atomic E-state index is -0.113. The molecule has 2 aromatic heterocycles. The summed E-state index contributed by atoms with van der Waals surface area (Å²) in [6, 6.07) is 3.69. The molecule has 0 saturated heterocycles. The Morgan fingerprint density at radius 3 is 2.65 bits per heavy atom. The molecule has 1 N–H and O–H groups in total. The topological polar surface area (TPSA) is 54.9 Å². The molecule has 20 heavy (non-hydrogen) atoms. The van der Waals surface area contributed by atoms with Crippen LogP contribution in [0.1, 0.15) is 53.2 Å². The van der Waals surface area contributed by atoms with Crippen LogP contribution in [0.5, 0.6) is 0 Å². The highest BCUT2D eigenvalue weighted by Crippen LogP contribution is 2.23. The summed E-state index contributed by atoms with van der Waals surface area (Å²) in [5, 5.41) is 12.9. The van der Waals surface area contributed by atoms with Gasteiger partial charge in [-0.05, 0) is 37.0 Å². The monoisotopic (exact) mass is 289 g/mol. The normalized spacial score (nSPS) is 10.8. The van der Waals surface area contributed by atoms with Gasteiger partial charge in [-0.3, -0.25) is 4.79 Å². The second-order valence-electron chi connectivity index (χ2n) is 4.99. The molecular weight excluding hydrogens is 270 g/mol. The molecule has 0 atom stereocenters. The van der Waals surface area contributed by atoms with E-state index in [1.54, 1.807) is 17.4 Å². The predicted molar refractivity (Wildman–Crippen MR) is 82.5 cm³/mol. The number of hydrogen-bond acceptors (Lipinski definition) is 4. The Morgan fingerprint density at radius 1 is 1.35 bits per heavy atom. The second-order valence-corrected chi connectivity index (χ2v) is 6.07. The summed E-state index contributed by atoms with van der Waals surface area (Å²) in [5.74, 6) is 0.710. The molecule has 5 heteroatoms. The molecule has 2 rings (SSSR count). The minimum Gasteiger partial charge on any atom is -0.305 e. The van der Waals surface area contributed by atoms with E-state index in [9.17, 15) is 4.79 Å². The van der Waals surface area contributed by atoms with Gasteiger partial charge in [-0.25, -0.2) is 0 Å². The Hall–Kier alpha value is -1.75. The summed E-state index contributed by atoms with van der Waals surface area (Å²) in [4.78, 5) is 13.4. The molecule has 0 spiro atoms. The van der Waals surface area contributed by atoms with E-state index in [0.29, 0.717) is 11.7 Å². The van der Waals surface area contributed by atoms with Crippen molar-refractivity contribution in [1.82, 2.24) is 10.2 Å². The molecule has 0 radical (unpaired) electrons. The van der Waals surface area contributed by atoms with Crippen molar-refractivity contribution >= 4 is 23.1 Å². The van der Waals surface area contributed by atoms with Crippen molar-refractivity contribution in [2.45, 2.75) is 40.0 Å². The van der Waals surface area contributed by atoms with E-state index in [2.05, 4.69) is 36.3 Å². The summed E-state index contributed by atoms with van der Waals surface area (Å²) in [6.07, 6.45) is 0.857. The van der Waals surface area contributed by atoms with Gasteiger partial charge in [-0.2, -0.15) is 5.10 Å². The van der Waals surface area contributed by atoms with Gasteiger partial charge in [-0.15, -0.1) is 16.4 Å². The highest BCUT2D eigenvalue weighted by Gasteiger charge is 2.15. The molecule has 0 aliphatic rings. The summed E-state index contributed by atoms with van der Waals surface area (Å²) in [6.45, 7) is 8.22. The van der Waals surface area contributed by atoms with Crippen molar-refractivity contribution in [3.63, 3.8) is 0 Å². The molecule has 0 unspecified atom stereocenters. The predicted octanol–water partition coefficient (Wildman–Crippen LogP) is 3.78. The highest BCUT2D eigenvalue weighted by molar-refractivity contribution is 7.10. The van der Waals surface area contributed by atoms with Crippen LogP contribution in [0, 0.1) is 6.92 Å². The molecule has 0 fully saturated rings. The van der Waals surface area contributed by atoms with Crippen LogP contribution in [0.15, 0.2) is 17.5 Å². The van der Waals surface area contributed by atoms with Crippen LogP contribution in [0.3, 0.4) is 0 Å². The molecule has 106 valence electrons. The lowest BCUT2D eigenvalue weighted by atomic mass is 10.1. The van der Waals surface area contributed by atoms with Gasteiger partial charge in [-0.1, -0.05) is 20.8 Å². The summed E-state index contributed by atoms with van der Waals surface area (Å²) >= 11 is 1.60. The van der Waals surface area contributed by atoms with Crippen LogP contribution in [0.4, 0.5) is 5.82 Å². The smallest absolute Gasteiger partial charge is 0.257 e. The number of nitrogens with one attached hydrogen (secondary N) is 1. The average molecular weight is 289 g/mol. The zero-order chi connectivity index (χ0) is 14.7. The molecule has 0 aliphatic carbocycles. The number of nitrogens with zero attached hydrogens (tertiary/aromatic N) is 2. The van der Waals surface area contributed by atoms with Crippen molar-refractivity contribution in [3.8, 4) is 0 Å². The fourth-order valence-corrected chi connectivity index (χ4v) is 2.95. The number of carbonyl (C=O) groups is 1. The zero-order valence-corrected chi connectivity index (χ0v) is 13.0. The molecule has 1 amide bonds. The average Bonchev–Trinajstić information content (AvgIpc) is 2.80. The van der Waals surface area contributed by atoms with E-state index >= 15 is 0 Å². The fraction of sp³-hybridized carbons (Fsp3) is 0.400. The van der Waals surface area contributed by atoms with Crippen molar-refractivity contribution in [3.05, 3.63) is 39.2 Å². The maximum Gasteiger partial charge on any atom is 0.257 e. The summed E-state index contributed by atoms with van der Waals surface area (Å²) in [7, 11) is 0. The van der Waals surface area contributed by atoms with Gasteiger partial charge in [0.2, 0.25) is 0 Å². The Kier molecular flexibility index (Phi) is 4.49. The number of amides is 1. The van der Waals surface area contributed by atoms with E-state index in [0.717, 1.165) is 23.2 Å². The fourth-order valence-electron chi connectivity index (χ4n) is 2.01. The van der Waals surface area contributed by atoms with E-state index < -0.39 is 0 Å². The lowest BCUT2D eigenvalue weighted by molar-refractivity contribution is 0.102. The van der Waals surface area contributed by atoms with Crippen molar-refractivity contribution in [2.24, 2.45) is 0 Å². The van der Waals surface area contributed by atoms with Gasteiger partial charge in [0, 0.05) is 10.3 Å². The maximum absolute atomic E-state index is 12.3. The Balaban J connectivity index is 2.15. The number of aromatic nitrogens is 2. The first-order valence-corrected chi connectivity index (χ1v) is 7.62. The molecule has 2 aromatic rings. The van der Waals surface area contributed by atoms with Gasteiger partial charge in [0.25, 0.3) is 5.91 Å². The van der Waals surface area contributed by atoms with Crippen molar-refractivity contribution in [1.29, 1.82) is 0 Å². The lowest BCUT2D eigenvalue weighted by Gasteiger charge is -2.07. The van der Waals surface area contributed by atoms with Crippen LogP contribution in [0.25, 0.3) is 0 Å². The molecule has 0 saturated carbocycles. The third-order valence-electron chi connectivity index (χ3n) is 3.22. The Bertz CT molecular complexity index is 602. The zero-order valence-electron chi connectivity index (χ0n) is 12.2. The molecule has 0 aromatic carbocycles. The number of carbonyl (C=O) groups excluding carboxylic acids is 1. The van der Waals surface area contributed by atoms with E-state index in [1.165, 1.54) is 4.88 Å². The lowest BCUT2D eigenvalue weighted by Crippen LogP contribution is -2.14. The van der Waals surface area contributed by atoms with Gasteiger partial charge in [0.1, 0.15) is 0 Å². The quantitative estimate of drug-likeness (QED) is 0.931. The maximum atomic E-state index is 12.3. The highest BCUT2D eigenvalue weighted by atomic mass is 32.1. The standard InChI is InChI=1S/C15H19N3OS/c1-5-11-10(4)20-8-12(11)15(19)16-14-7-6-13(9(2)3)17-18-14/h6-9H,5H2,1-4H3,(H,16,18,19). The third kappa shape index (κ3) is 3.04. The largest absolute Gasteiger partial charge is 0.305 e. The van der Waals surface area contributed by atoms with Gasteiger partial charge < -0.3 is 5.32 Å². The van der Waals surface area contributed by atoms with Crippen LogP contribution in [-0.2, 0) is 6.42 Å². The number of anilines is 1. The first kappa shape index (κ1) is 14.7. The number of hydrogen-bond donors (Lipinski definition) is 1. The second kappa shape index (κ2) is 6.13. The molecule has 0 aliphatic heterocycles. The van der Waals surface area contributed by atoms with Gasteiger partial charge >= 0.3 is 0 Å². The number of rotatable bonds is 4. The van der Waals surface area contributed by atoms with Crippen LogP contribution >= 0.6 is 11.3 Å². The Labute approximate surface area is 123 Å².